The zero-order valence-corrected chi connectivity index (χ0v) is 13.1. The van der Waals surface area contributed by atoms with Gasteiger partial charge in [-0.15, -0.1) is 0 Å². The van der Waals surface area contributed by atoms with Crippen LogP contribution in [-0.4, -0.2) is 37.0 Å². The minimum atomic E-state index is 0.462. The van der Waals surface area contributed by atoms with Gasteiger partial charge in [0.1, 0.15) is 0 Å². The maximum absolute atomic E-state index is 5.36. The number of hydrogen-bond donors (Lipinski definition) is 0. The fraction of sp³-hybridized carbons (Fsp3) is 0.667. The van der Waals surface area contributed by atoms with Crippen LogP contribution in [0.5, 0.6) is 0 Å². The summed E-state index contributed by atoms with van der Waals surface area (Å²) >= 11 is 0. The standard InChI is InChI=1S/C18H27N2O/c1-21-14-17-12-7-13-20(17)19-18(16-10-5-6-11-16)15-8-3-2-4-9-15/h5-6,10-11,15,17H,2-4,7-9,12-14H2,1H3/b19-18+/t17-/m0/s1. The highest BCUT2D eigenvalue weighted by Gasteiger charge is 2.32. The van der Waals surface area contributed by atoms with E-state index in [1.807, 2.05) is 0 Å². The lowest BCUT2D eigenvalue weighted by atomic mass is 9.80. The highest BCUT2D eigenvalue weighted by molar-refractivity contribution is 6.03. The Hall–Kier alpha value is -0.570. The van der Waals surface area contributed by atoms with Crippen molar-refractivity contribution in [3.05, 3.63) is 31.6 Å². The first-order chi connectivity index (χ1) is 10.4. The molecule has 3 rings (SSSR count). The summed E-state index contributed by atoms with van der Waals surface area (Å²) in [5.74, 6) is 1.97. The highest BCUT2D eigenvalue weighted by Crippen LogP contribution is 2.35. The molecule has 1 saturated heterocycles. The van der Waals surface area contributed by atoms with E-state index in [1.54, 1.807) is 7.11 Å². The predicted molar refractivity (Wildman–Crippen MR) is 86.1 cm³/mol. The van der Waals surface area contributed by atoms with Crippen molar-refractivity contribution in [1.82, 2.24) is 5.01 Å². The molecule has 0 aromatic heterocycles. The van der Waals surface area contributed by atoms with E-state index in [2.05, 4.69) is 30.7 Å². The summed E-state index contributed by atoms with van der Waals surface area (Å²) in [7, 11) is 1.79. The van der Waals surface area contributed by atoms with Crippen LogP contribution < -0.4 is 0 Å². The summed E-state index contributed by atoms with van der Waals surface area (Å²) in [5.41, 5.74) is 1.32. The van der Waals surface area contributed by atoms with E-state index in [0.717, 1.165) is 13.2 Å². The fourth-order valence-corrected chi connectivity index (χ4v) is 3.75. The lowest BCUT2D eigenvalue weighted by Crippen LogP contribution is -2.33. The zero-order chi connectivity index (χ0) is 14.5. The van der Waals surface area contributed by atoms with Crippen molar-refractivity contribution in [2.45, 2.75) is 51.0 Å². The third-order valence-electron chi connectivity index (χ3n) is 4.89. The van der Waals surface area contributed by atoms with Crippen LogP contribution in [0.15, 0.2) is 5.10 Å². The van der Waals surface area contributed by atoms with Crippen LogP contribution in [0, 0.1) is 37.5 Å². The van der Waals surface area contributed by atoms with Gasteiger partial charge in [-0.2, -0.15) is 5.10 Å². The Bertz CT molecular complexity index is 343. The topological polar surface area (TPSA) is 24.8 Å². The van der Waals surface area contributed by atoms with Gasteiger partial charge in [0.15, 0.2) is 0 Å². The molecule has 3 heteroatoms. The molecule has 115 valence electrons. The molecule has 2 saturated carbocycles. The normalized spacial score (nSPS) is 29.5. The fourth-order valence-electron chi connectivity index (χ4n) is 3.75. The van der Waals surface area contributed by atoms with Gasteiger partial charge < -0.3 is 4.74 Å². The monoisotopic (exact) mass is 287 g/mol. The van der Waals surface area contributed by atoms with E-state index in [1.165, 1.54) is 56.6 Å². The second-order valence-corrected chi connectivity index (χ2v) is 6.41. The Kier molecular flexibility index (Phi) is 5.56. The van der Waals surface area contributed by atoms with Gasteiger partial charge in [-0.3, -0.25) is 5.01 Å². The Morgan fingerprint density at radius 1 is 1.14 bits per heavy atom. The first-order valence-electron chi connectivity index (χ1n) is 8.44. The molecule has 3 aliphatic rings. The minimum absolute atomic E-state index is 0.462. The minimum Gasteiger partial charge on any atom is -0.382 e. The molecule has 0 spiro atoms. The van der Waals surface area contributed by atoms with E-state index in [4.69, 9.17) is 9.84 Å². The second-order valence-electron chi connectivity index (χ2n) is 6.41. The molecule has 2 aliphatic carbocycles. The van der Waals surface area contributed by atoms with Crippen molar-refractivity contribution in [1.29, 1.82) is 0 Å². The van der Waals surface area contributed by atoms with Crippen molar-refractivity contribution in [2.24, 2.45) is 11.0 Å². The molecular weight excluding hydrogens is 260 g/mol. The van der Waals surface area contributed by atoms with E-state index in [0.29, 0.717) is 12.0 Å². The van der Waals surface area contributed by atoms with Gasteiger partial charge >= 0.3 is 0 Å². The van der Waals surface area contributed by atoms with Gasteiger partial charge in [-0.25, -0.2) is 0 Å². The molecule has 0 bridgehead atoms. The van der Waals surface area contributed by atoms with Crippen molar-refractivity contribution in [2.75, 3.05) is 20.3 Å². The summed E-state index contributed by atoms with van der Waals surface area (Å²) < 4.78 is 5.36. The van der Waals surface area contributed by atoms with Gasteiger partial charge in [0.25, 0.3) is 0 Å². The number of hydrazone groups is 1. The molecule has 5 radical (unpaired) electrons. The second kappa shape index (κ2) is 7.62. The summed E-state index contributed by atoms with van der Waals surface area (Å²) in [4.78, 5) is 0. The summed E-state index contributed by atoms with van der Waals surface area (Å²) in [5, 5.41) is 7.40. The highest BCUT2D eigenvalue weighted by atomic mass is 16.5. The molecule has 3 fully saturated rings. The van der Waals surface area contributed by atoms with E-state index in [-0.39, 0.29) is 0 Å². The smallest absolute Gasteiger partial charge is 0.0704 e. The van der Waals surface area contributed by atoms with Gasteiger partial charge in [-0.1, -0.05) is 19.3 Å². The molecule has 1 heterocycles. The Labute approximate surface area is 130 Å². The first-order valence-corrected chi connectivity index (χ1v) is 8.44. The third-order valence-corrected chi connectivity index (χ3v) is 4.89. The Morgan fingerprint density at radius 3 is 2.62 bits per heavy atom. The van der Waals surface area contributed by atoms with Crippen molar-refractivity contribution < 1.29 is 4.74 Å². The van der Waals surface area contributed by atoms with Crippen LogP contribution in [0.2, 0.25) is 0 Å². The van der Waals surface area contributed by atoms with E-state index < -0.39 is 0 Å². The lowest BCUT2D eigenvalue weighted by Gasteiger charge is -2.30. The summed E-state index contributed by atoms with van der Waals surface area (Å²) in [6.45, 7) is 1.87. The van der Waals surface area contributed by atoms with Crippen LogP contribution in [0.1, 0.15) is 44.9 Å². The number of hydrogen-bond acceptors (Lipinski definition) is 3. The third kappa shape index (κ3) is 3.80. The van der Waals surface area contributed by atoms with Crippen LogP contribution in [-0.2, 0) is 4.74 Å². The molecular formula is C18H27N2O. The number of ether oxygens (including phenoxy) is 1. The lowest BCUT2D eigenvalue weighted by molar-refractivity contribution is 0.117. The predicted octanol–water partition coefficient (Wildman–Crippen LogP) is 3.44. The first kappa shape index (κ1) is 15.3. The van der Waals surface area contributed by atoms with Gasteiger partial charge in [-0.05, 0) is 57.3 Å². The van der Waals surface area contributed by atoms with Gasteiger partial charge in [0.05, 0.1) is 12.6 Å². The van der Waals surface area contributed by atoms with E-state index in [9.17, 15) is 0 Å². The zero-order valence-electron chi connectivity index (χ0n) is 13.1. The molecule has 21 heavy (non-hydrogen) atoms. The van der Waals surface area contributed by atoms with Crippen molar-refractivity contribution in [3.63, 3.8) is 0 Å². The van der Waals surface area contributed by atoms with Gasteiger partial charge in [0, 0.05) is 25.3 Å². The molecule has 0 N–H and O–H groups in total. The average Bonchev–Trinajstić information content (AvgIpc) is 3.18. The van der Waals surface area contributed by atoms with Crippen molar-refractivity contribution >= 4 is 5.71 Å². The molecule has 1 aliphatic heterocycles. The number of nitrogens with zero attached hydrogens (tertiary/aromatic N) is 2. The maximum Gasteiger partial charge on any atom is 0.0704 e. The Morgan fingerprint density at radius 2 is 1.90 bits per heavy atom. The SMILES string of the molecule is COC[C@@H]1CCCN1/N=C(/[C]1[CH][CH][CH][CH]1)C1CCCCC1. The summed E-state index contributed by atoms with van der Waals surface area (Å²) in [6.07, 6.45) is 17.8. The quantitative estimate of drug-likeness (QED) is 0.724. The molecule has 0 aromatic carbocycles. The van der Waals surface area contributed by atoms with E-state index >= 15 is 0 Å². The molecule has 1 atom stereocenters. The average molecular weight is 287 g/mol. The van der Waals surface area contributed by atoms with Crippen LogP contribution >= 0.6 is 0 Å². The summed E-state index contributed by atoms with van der Waals surface area (Å²) in [6, 6.07) is 0.462. The maximum atomic E-state index is 5.36. The molecule has 3 nitrogen and oxygen atoms in total. The molecule has 0 aromatic rings. The van der Waals surface area contributed by atoms with Crippen LogP contribution in [0.4, 0.5) is 0 Å². The van der Waals surface area contributed by atoms with Gasteiger partial charge in [0.2, 0.25) is 0 Å². The largest absolute Gasteiger partial charge is 0.382 e. The van der Waals surface area contributed by atoms with Crippen molar-refractivity contribution in [3.8, 4) is 0 Å². The number of rotatable bonds is 5. The van der Waals surface area contributed by atoms with Crippen LogP contribution in [0.25, 0.3) is 0 Å². The molecule has 0 amide bonds. The number of methoxy groups -OCH3 is 1. The Balaban J connectivity index is 1.74. The van der Waals surface area contributed by atoms with Crippen LogP contribution in [0.3, 0.4) is 0 Å². The molecule has 0 unspecified atom stereocenters.